The Balaban J connectivity index is 1.66. The van der Waals surface area contributed by atoms with Crippen molar-refractivity contribution in [3.63, 3.8) is 0 Å². The van der Waals surface area contributed by atoms with Crippen molar-refractivity contribution in [2.75, 3.05) is 13.6 Å². The monoisotopic (exact) mass is 338 g/mol. The molecule has 4 nitrogen and oxygen atoms in total. The number of carbonyl (C=O) groups is 1. The van der Waals surface area contributed by atoms with Gasteiger partial charge in [-0.1, -0.05) is 43.7 Å². The molecule has 0 aromatic heterocycles. The van der Waals surface area contributed by atoms with Crippen LogP contribution in [0.2, 0.25) is 0 Å². The number of benzene rings is 2. The van der Waals surface area contributed by atoms with Crippen LogP contribution in [0, 0.1) is 0 Å². The Morgan fingerprint density at radius 2 is 1.80 bits per heavy atom. The third kappa shape index (κ3) is 4.60. The summed E-state index contributed by atoms with van der Waals surface area (Å²) in [7, 11) is 1.87. The van der Waals surface area contributed by atoms with E-state index < -0.39 is 0 Å². The van der Waals surface area contributed by atoms with Crippen LogP contribution in [0.1, 0.15) is 37.8 Å². The SMILES string of the molecule is CCCC(NC1CC(=O)N(C)C1)c1ccc(Oc2ccccc2)cc1. The highest BCUT2D eigenvalue weighted by Gasteiger charge is 2.28. The third-order valence-electron chi connectivity index (χ3n) is 4.62. The second-order valence-electron chi connectivity index (χ2n) is 6.67. The molecule has 1 aliphatic heterocycles. The molecule has 0 bridgehead atoms. The number of carbonyl (C=O) groups excluding carboxylic acids is 1. The second kappa shape index (κ2) is 8.17. The second-order valence-corrected chi connectivity index (χ2v) is 6.67. The molecule has 1 saturated heterocycles. The van der Waals surface area contributed by atoms with Crippen LogP contribution < -0.4 is 10.1 Å². The summed E-state index contributed by atoms with van der Waals surface area (Å²) in [6.07, 6.45) is 2.73. The summed E-state index contributed by atoms with van der Waals surface area (Å²) in [5.74, 6) is 1.89. The summed E-state index contributed by atoms with van der Waals surface area (Å²) < 4.78 is 5.86. The lowest BCUT2D eigenvalue weighted by Gasteiger charge is -2.23. The van der Waals surface area contributed by atoms with Crippen LogP contribution in [-0.4, -0.2) is 30.4 Å². The molecular formula is C21H26N2O2. The van der Waals surface area contributed by atoms with Gasteiger partial charge in [-0.05, 0) is 36.2 Å². The van der Waals surface area contributed by atoms with Crippen LogP contribution in [0.25, 0.3) is 0 Å². The maximum Gasteiger partial charge on any atom is 0.224 e. The van der Waals surface area contributed by atoms with Crippen molar-refractivity contribution in [3.8, 4) is 11.5 Å². The van der Waals surface area contributed by atoms with Gasteiger partial charge in [-0.25, -0.2) is 0 Å². The van der Waals surface area contributed by atoms with E-state index >= 15 is 0 Å². The van der Waals surface area contributed by atoms with Crippen molar-refractivity contribution in [1.29, 1.82) is 0 Å². The zero-order valence-corrected chi connectivity index (χ0v) is 14.9. The molecule has 2 atom stereocenters. The van der Waals surface area contributed by atoms with Crippen LogP contribution >= 0.6 is 0 Å². The molecule has 1 aliphatic rings. The lowest BCUT2D eigenvalue weighted by Crippen LogP contribution is -2.34. The molecule has 132 valence electrons. The highest BCUT2D eigenvalue weighted by Crippen LogP contribution is 2.26. The van der Waals surface area contributed by atoms with Gasteiger partial charge in [0.2, 0.25) is 5.91 Å². The summed E-state index contributed by atoms with van der Waals surface area (Å²) >= 11 is 0. The number of para-hydroxylation sites is 1. The Morgan fingerprint density at radius 3 is 2.40 bits per heavy atom. The number of rotatable bonds is 7. The zero-order valence-electron chi connectivity index (χ0n) is 14.9. The number of nitrogens with one attached hydrogen (secondary N) is 1. The summed E-state index contributed by atoms with van der Waals surface area (Å²) in [6.45, 7) is 2.97. The summed E-state index contributed by atoms with van der Waals surface area (Å²) in [6, 6.07) is 18.5. The average Bonchev–Trinajstić information content (AvgIpc) is 2.94. The van der Waals surface area contributed by atoms with Gasteiger partial charge in [0.1, 0.15) is 11.5 Å². The number of likely N-dealkylation sites (tertiary alicyclic amines) is 1. The van der Waals surface area contributed by atoms with Crippen LogP contribution in [0.5, 0.6) is 11.5 Å². The van der Waals surface area contributed by atoms with Gasteiger partial charge >= 0.3 is 0 Å². The van der Waals surface area contributed by atoms with E-state index in [2.05, 4.69) is 24.4 Å². The number of hydrogen-bond donors (Lipinski definition) is 1. The number of nitrogens with zero attached hydrogens (tertiary/aromatic N) is 1. The Bertz CT molecular complexity index is 685. The molecule has 3 rings (SSSR count). The third-order valence-corrected chi connectivity index (χ3v) is 4.62. The first kappa shape index (κ1) is 17.5. The molecule has 2 aromatic carbocycles. The lowest BCUT2D eigenvalue weighted by molar-refractivity contribution is -0.126. The fourth-order valence-electron chi connectivity index (χ4n) is 3.29. The van der Waals surface area contributed by atoms with Gasteiger partial charge in [0.05, 0.1) is 0 Å². The van der Waals surface area contributed by atoms with E-state index in [4.69, 9.17) is 4.74 Å². The quantitative estimate of drug-likeness (QED) is 0.825. The van der Waals surface area contributed by atoms with Gasteiger partial charge in [0, 0.05) is 32.1 Å². The average molecular weight is 338 g/mol. The predicted octanol–water partition coefficient (Wildman–Crippen LogP) is 4.14. The topological polar surface area (TPSA) is 41.6 Å². The molecule has 0 saturated carbocycles. The van der Waals surface area contributed by atoms with Gasteiger partial charge in [0.25, 0.3) is 0 Å². The van der Waals surface area contributed by atoms with Gasteiger partial charge in [0.15, 0.2) is 0 Å². The standard InChI is InChI=1S/C21H26N2O2/c1-3-7-20(22-17-14-21(24)23(2)15-17)16-10-12-19(13-11-16)25-18-8-5-4-6-9-18/h4-6,8-13,17,20,22H,3,7,14-15H2,1-2H3. The number of likely N-dealkylation sites (N-methyl/N-ethyl adjacent to an activating group) is 1. The number of amides is 1. The van der Waals surface area contributed by atoms with Crippen LogP contribution in [0.4, 0.5) is 0 Å². The smallest absolute Gasteiger partial charge is 0.224 e. The van der Waals surface area contributed by atoms with Crippen molar-refractivity contribution in [1.82, 2.24) is 10.2 Å². The maximum absolute atomic E-state index is 11.7. The molecule has 1 amide bonds. The first-order valence-electron chi connectivity index (χ1n) is 8.98. The van der Waals surface area contributed by atoms with E-state index in [0.29, 0.717) is 6.42 Å². The highest BCUT2D eigenvalue weighted by atomic mass is 16.5. The van der Waals surface area contributed by atoms with Gasteiger partial charge in [-0.15, -0.1) is 0 Å². The fourth-order valence-corrected chi connectivity index (χ4v) is 3.29. The minimum atomic E-state index is 0.222. The van der Waals surface area contributed by atoms with Crippen molar-refractivity contribution in [3.05, 3.63) is 60.2 Å². The summed E-state index contributed by atoms with van der Waals surface area (Å²) in [4.78, 5) is 13.6. The van der Waals surface area contributed by atoms with Crippen molar-refractivity contribution in [2.45, 2.75) is 38.3 Å². The van der Waals surface area contributed by atoms with E-state index in [1.807, 2.05) is 49.5 Å². The number of hydrogen-bond acceptors (Lipinski definition) is 3. The minimum Gasteiger partial charge on any atom is -0.457 e. The molecule has 2 aromatic rings. The van der Waals surface area contributed by atoms with E-state index in [1.54, 1.807) is 4.90 Å². The predicted molar refractivity (Wildman–Crippen MR) is 99.8 cm³/mol. The Labute approximate surface area is 149 Å². The first-order valence-corrected chi connectivity index (χ1v) is 8.98. The Hall–Kier alpha value is -2.33. The van der Waals surface area contributed by atoms with E-state index in [1.165, 1.54) is 5.56 Å². The van der Waals surface area contributed by atoms with Gasteiger partial charge < -0.3 is 15.0 Å². The minimum absolute atomic E-state index is 0.222. The van der Waals surface area contributed by atoms with Crippen molar-refractivity contribution < 1.29 is 9.53 Å². The normalized spacial score (nSPS) is 18.4. The molecule has 1 heterocycles. The van der Waals surface area contributed by atoms with E-state index in [0.717, 1.165) is 30.9 Å². The Kier molecular flexibility index (Phi) is 5.71. The lowest BCUT2D eigenvalue weighted by atomic mass is 10.0. The molecule has 2 unspecified atom stereocenters. The number of ether oxygens (including phenoxy) is 1. The zero-order chi connectivity index (χ0) is 17.6. The molecule has 0 spiro atoms. The summed E-state index contributed by atoms with van der Waals surface area (Å²) in [5.41, 5.74) is 1.24. The molecule has 4 heteroatoms. The van der Waals surface area contributed by atoms with Crippen LogP contribution in [0.15, 0.2) is 54.6 Å². The molecular weight excluding hydrogens is 312 g/mol. The molecule has 25 heavy (non-hydrogen) atoms. The van der Waals surface area contributed by atoms with Crippen molar-refractivity contribution in [2.24, 2.45) is 0 Å². The van der Waals surface area contributed by atoms with E-state index in [9.17, 15) is 4.79 Å². The Morgan fingerprint density at radius 1 is 1.12 bits per heavy atom. The van der Waals surface area contributed by atoms with E-state index in [-0.39, 0.29) is 18.0 Å². The molecule has 1 fully saturated rings. The van der Waals surface area contributed by atoms with Crippen LogP contribution in [-0.2, 0) is 4.79 Å². The largest absolute Gasteiger partial charge is 0.457 e. The summed E-state index contributed by atoms with van der Waals surface area (Å²) in [5, 5.41) is 3.66. The van der Waals surface area contributed by atoms with Crippen LogP contribution in [0.3, 0.4) is 0 Å². The molecule has 1 N–H and O–H groups in total. The van der Waals surface area contributed by atoms with Crippen molar-refractivity contribution >= 4 is 5.91 Å². The molecule has 0 aliphatic carbocycles. The maximum atomic E-state index is 11.7. The first-order chi connectivity index (χ1) is 12.2. The molecule has 0 radical (unpaired) electrons. The van der Waals surface area contributed by atoms with Gasteiger partial charge in [-0.2, -0.15) is 0 Å². The fraction of sp³-hybridized carbons (Fsp3) is 0.381. The highest BCUT2D eigenvalue weighted by molar-refractivity contribution is 5.78. The van der Waals surface area contributed by atoms with Gasteiger partial charge in [-0.3, -0.25) is 4.79 Å².